The second kappa shape index (κ2) is 11.2. The molecule has 2 saturated heterocycles. The van der Waals surface area contributed by atoms with Gasteiger partial charge in [-0.25, -0.2) is 4.79 Å². The summed E-state index contributed by atoms with van der Waals surface area (Å²) in [5.41, 5.74) is 0.000963. The van der Waals surface area contributed by atoms with Crippen LogP contribution in [0.2, 0.25) is 0 Å². The highest BCUT2D eigenvalue weighted by Crippen LogP contribution is 2.38. The standard InChI is InChI=1S/C27H26F3N3O6/c1-2-7-19-23(33-21(15-39-26(33)38)17-9-4-3-5-10-17)25(37)32(19)20(13-22(34)35)24(36)31-14-16-8-6-11-18(12-16)27(28,29)30/h2-12,19-21,23H,13-15H2,1H3,(H,31,36)(H,34,35)/t19?,20?,21-,23?/m1/s1. The molecule has 0 saturated carbocycles. The van der Waals surface area contributed by atoms with E-state index in [4.69, 9.17) is 4.74 Å². The number of alkyl halides is 3. The van der Waals surface area contributed by atoms with Crippen LogP contribution in [0.15, 0.2) is 66.7 Å². The van der Waals surface area contributed by atoms with Gasteiger partial charge in [0.25, 0.3) is 0 Å². The largest absolute Gasteiger partial charge is 0.481 e. The maximum absolute atomic E-state index is 13.5. The molecule has 2 aromatic rings. The third-order valence-electron chi connectivity index (χ3n) is 6.66. The lowest BCUT2D eigenvalue weighted by Gasteiger charge is -2.52. The zero-order valence-corrected chi connectivity index (χ0v) is 20.8. The van der Waals surface area contributed by atoms with E-state index < -0.39 is 66.2 Å². The van der Waals surface area contributed by atoms with Crippen molar-refractivity contribution in [2.45, 2.75) is 50.2 Å². The lowest BCUT2D eigenvalue weighted by Crippen LogP contribution is -2.74. The van der Waals surface area contributed by atoms with E-state index in [9.17, 15) is 37.5 Å². The molecule has 0 aliphatic carbocycles. The van der Waals surface area contributed by atoms with Crippen molar-refractivity contribution in [3.63, 3.8) is 0 Å². The van der Waals surface area contributed by atoms with Gasteiger partial charge in [-0.15, -0.1) is 0 Å². The molecule has 2 fully saturated rings. The third kappa shape index (κ3) is 5.74. The number of carboxylic acid groups (broad SMARTS) is 1. The molecule has 3 amide bonds. The SMILES string of the molecule is CC=CC1C(N2C(=O)OC[C@@H]2c2ccccc2)C(=O)N1C(CC(=O)O)C(=O)NCc1cccc(C(F)(F)F)c1. The quantitative estimate of drug-likeness (QED) is 0.368. The highest BCUT2D eigenvalue weighted by molar-refractivity contribution is 5.99. The van der Waals surface area contributed by atoms with Crippen molar-refractivity contribution in [1.29, 1.82) is 0 Å². The predicted octanol–water partition coefficient (Wildman–Crippen LogP) is 3.51. The molecule has 4 atom stereocenters. The first-order chi connectivity index (χ1) is 18.5. The number of allylic oxidation sites excluding steroid dienone is 1. The van der Waals surface area contributed by atoms with E-state index in [2.05, 4.69) is 5.32 Å². The van der Waals surface area contributed by atoms with Gasteiger partial charge >= 0.3 is 18.2 Å². The number of benzene rings is 2. The number of hydrogen-bond acceptors (Lipinski definition) is 5. The van der Waals surface area contributed by atoms with E-state index in [0.717, 1.165) is 22.6 Å². The minimum atomic E-state index is -4.57. The number of carbonyl (C=O) groups excluding carboxylic acids is 3. The Hall–Kier alpha value is -4.35. The van der Waals surface area contributed by atoms with Crippen LogP contribution in [0.1, 0.15) is 36.1 Å². The van der Waals surface area contributed by atoms with Crippen LogP contribution >= 0.6 is 0 Å². The summed E-state index contributed by atoms with van der Waals surface area (Å²) in [6.07, 6.45) is -2.81. The van der Waals surface area contributed by atoms with E-state index in [1.165, 1.54) is 17.0 Å². The Bertz CT molecular complexity index is 1280. The average Bonchev–Trinajstić information content (AvgIpc) is 3.27. The second-order valence-corrected chi connectivity index (χ2v) is 9.15. The monoisotopic (exact) mass is 545 g/mol. The number of likely N-dealkylation sites (tertiary alicyclic amines) is 1. The number of hydrogen-bond donors (Lipinski definition) is 2. The summed E-state index contributed by atoms with van der Waals surface area (Å²) in [4.78, 5) is 53.3. The van der Waals surface area contributed by atoms with Gasteiger partial charge in [-0.3, -0.25) is 19.3 Å². The molecule has 0 radical (unpaired) electrons. The van der Waals surface area contributed by atoms with Crippen LogP contribution in [0.4, 0.5) is 18.0 Å². The summed E-state index contributed by atoms with van der Waals surface area (Å²) >= 11 is 0. The number of nitrogens with one attached hydrogen (secondary N) is 1. The molecule has 2 N–H and O–H groups in total. The fraction of sp³-hybridized carbons (Fsp3) is 0.333. The normalized spacial score (nSPS) is 22.0. The van der Waals surface area contributed by atoms with Crippen molar-refractivity contribution in [2.24, 2.45) is 0 Å². The zero-order valence-electron chi connectivity index (χ0n) is 20.8. The number of ether oxygens (including phenoxy) is 1. The molecule has 0 spiro atoms. The number of cyclic esters (lactones) is 1. The molecule has 2 aliphatic rings. The van der Waals surface area contributed by atoms with Crippen molar-refractivity contribution in [1.82, 2.24) is 15.1 Å². The van der Waals surface area contributed by atoms with E-state index in [1.807, 2.05) is 0 Å². The van der Waals surface area contributed by atoms with E-state index in [1.54, 1.807) is 49.4 Å². The number of β-lactam (4-membered cyclic amide) rings is 1. The van der Waals surface area contributed by atoms with Gasteiger partial charge in [-0.2, -0.15) is 13.2 Å². The maximum Gasteiger partial charge on any atom is 0.416 e. The number of carbonyl (C=O) groups is 4. The van der Waals surface area contributed by atoms with Crippen LogP contribution < -0.4 is 5.32 Å². The zero-order chi connectivity index (χ0) is 28.3. The van der Waals surface area contributed by atoms with Crippen LogP contribution in [0.5, 0.6) is 0 Å². The van der Waals surface area contributed by atoms with Crippen LogP contribution in [0.3, 0.4) is 0 Å². The summed E-state index contributed by atoms with van der Waals surface area (Å²) in [5, 5.41) is 11.9. The first-order valence-corrected chi connectivity index (χ1v) is 12.1. The summed E-state index contributed by atoms with van der Waals surface area (Å²) < 4.78 is 44.4. The van der Waals surface area contributed by atoms with Crippen LogP contribution in [-0.4, -0.2) is 63.5 Å². The average molecular weight is 546 g/mol. The summed E-state index contributed by atoms with van der Waals surface area (Å²) in [5.74, 6) is -2.84. The van der Waals surface area contributed by atoms with Crippen molar-refractivity contribution in [2.75, 3.05) is 6.61 Å². The molecule has 9 nitrogen and oxygen atoms in total. The van der Waals surface area contributed by atoms with E-state index >= 15 is 0 Å². The molecule has 0 bridgehead atoms. The van der Waals surface area contributed by atoms with Crippen molar-refractivity contribution >= 4 is 23.9 Å². The molecule has 4 rings (SSSR count). The van der Waals surface area contributed by atoms with Gasteiger partial charge in [0, 0.05) is 6.54 Å². The number of nitrogens with zero attached hydrogens (tertiary/aromatic N) is 2. The van der Waals surface area contributed by atoms with Gasteiger partial charge in [-0.05, 0) is 30.2 Å². The lowest BCUT2D eigenvalue weighted by atomic mass is 9.88. The van der Waals surface area contributed by atoms with Gasteiger partial charge in [0.2, 0.25) is 11.8 Å². The highest BCUT2D eigenvalue weighted by atomic mass is 19.4. The Morgan fingerprint density at radius 1 is 1.15 bits per heavy atom. The highest BCUT2D eigenvalue weighted by Gasteiger charge is 2.58. The number of aliphatic carboxylic acids is 1. The Labute approximate surface area is 221 Å². The Morgan fingerprint density at radius 2 is 1.87 bits per heavy atom. The minimum Gasteiger partial charge on any atom is -0.481 e. The van der Waals surface area contributed by atoms with Crippen molar-refractivity contribution in [3.8, 4) is 0 Å². The fourth-order valence-corrected chi connectivity index (χ4v) is 4.87. The van der Waals surface area contributed by atoms with Crippen molar-refractivity contribution < 1.29 is 42.2 Å². The van der Waals surface area contributed by atoms with Gasteiger partial charge in [0.05, 0.1) is 24.1 Å². The molecule has 2 aliphatic heterocycles. The lowest BCUT2D eigenvalue weighted by molar-refractivity contribution is -0.165. The Balaban J connectivity index is 1.56. The number of rotatable bonds is 9. The van der Waals surface area contributed by atoms with Gasteiger partial charge in [-0.1, -0.05) is 54.6 Å². The minimum absolute atomic E-state index is 0.0191. The summed E-state index contributed by atoms with van der Waals surface area (Å²) in [6.45, 7) is 1.38. The van der Waals surface area contributed by atoms with Gasteiger partial charge in [0.1, 0.15) is 18.7 Å². The third-order valence-corrected chi connectivity index (χ3v) is 6.66. The van der Waals surface area contributed by atoms with Crippen molar-refractivity contribution in [3.05, 3.63) is 83.4 Å². The summed E-state index contributed by atoms with van der Waals surface area (Å²) in [7, 11) is 0. The molecule has 2 aromatic carbocycles. The summed E-state index contributed by atoms with van der Waals surface area (Å²) in [6, 6.07) is 9.42. The van der Waals surface area contributed by atoms with E-state index in [-0.39, 0.29) is 18.7 Å². The molecule has 39 heavy (non-hydrogen) atoms. The number of carboxylic acids is 1. The smallest absolute Gasteiger partial charge is 0.416 e. The van der Waals surface area contributed by atoms with Crippen LogP contribution in [0, 0.1) is 0 Å². The topological polar surface area (TPSA) is 116 Å². The van der Waals surface area contributed by atoms with E-state index in [0.29, 0.717) is 0 Å². The van der Waals surface area contributed by atoms with Crippen LogP contribution in [0.25, 0.3) is 0 Å². The molecule has 2 heterocycles. The molecular weight excluding hydrogens is 519 g/mol. The molecule has 12 heteroatoms. The molecular formula is C27H26F3N3O6. The van der Waals surface area contributed by atoms with Gasteiger partial charge in [0.15, 0.2) is 0 Å². The molecule has 3 unspecified atom stereocenters. The maximum atomic E-state index is 13.5. The number of amides is 3. The van der Waals surface area contributed by atoms with Gasteiger partial charge < -0.3 is 20.1 Å². The molecule has 206 valence electrons. The second-order valence-electron chi connectivity index (χ2n) is 9.15. The predicted molar refractivity (Wildman–Crippen MR) is 131 cm³/mol. The molecule has 0 aromatic heterocycles. The fourth-order valence-electron chi connectivity index (χ4n) is 4.87. The Kier molecular flexibility index (Phi) is 7.93. The van der Waals surface area contributed by atoms with Crippen LogP contribution in [-0.2, 0) is 31.8 Å². The first-order valence-electron chi connectivity index (χ1n) is 12.1. The first kappa shape index (κ1) is 27.7. The number of halogens is 3. The Morgan fingerprint density at radius 3 is 2.51 bits per heavy atom.